The summed E-state index contributed by atoms with van der Waals surface area (Å²) >= 11 is 5.50. The van der Waals surface area contributed by atoms with Crippen molar-refractivity contribution in [2.45, 2.75) is 19.1 Å². The molecule has 0 radical (unpaired) electrons. The Morgan fingerprint density at radius 3 is 2.46 bits per heavy atom. The highest BCUT2D eigenvalue weighted by molar-refractivity contribution is 7.80. The fraction of sp³-hybridized carbons (Fsp3) is 0.176. The third-order valence-electron chi connectivity index (χ3n) is 3.88. The second-order valence-corrected chi connectivity index (χ2v) is 6.00. The van der Waals surface area contributed by atoms with Crippen LogP contribution in [0.4, 0.5) is 5.69 Å². The van der Waals surface area contributed by atoms with Crippen LogP contribution in [0.3, 0.4) is 0 Å². The number of benzene rings is 2. The Morgan fingerprint density at radius 2 is 1.88 bits per heavy atom. The summed E-state index contributed by atoms with van der Waals surface area (Å²) < 4.78 is 0. The van der Waals surface area contributed by atoms with Gasteiger partial charge in [0.1, 0.15) is 4.99 Å². The molecule has 0 amide bonds. The first kappa shape index (κ1) is 16.2. The Kier molecular flexibility index (Phi) is 4.13. The number of aliphatic hydroxyl groups is 1. The van der Waals surface area contributed by atoms with Crippen LogP contribution in [0.1, 0.15) is 24.5 Å². The molecule has 0 spiro atoms. The molecule has 0 fully saturated rings. The molecule has 0 aromatic heterocycles. The van der Waals surface area contributed by atoms with Crippen LogP contribution in [-0.4, -0.2) is 25.7 Å². The molecule has 6 nitrogen and oxygen atoms in total. The van der Waals surface area contributed by atoms with E-state index in [9.17, 15) is 15.2 Å². The number of nitro groups is 1. The van der Waals surface area contributed by atoms with Gasteiger partial charge in [-0.05, 0) is 19.1 Å². The minimum atomic E-state index is -1.45. The molecule has 2 aromatic rings. The molecule has 1 N–H and O–H groups in total. The van der Waals surface area contributed by atoms with Crippen LogP contribution >= 0.6 is 12.2 Å². The van der Waals surface area contributed by atoms with E-state index >= 15 is 0 Å². The predicted octanol–water partition coefficient (Wildman–Crippen LogP) is 3.20. The van der Waals surface area contributed by atoms with Crippen LogP contribution in [0, 0.1) is 10.1 Å². The van der Waals surface area contributed by atoms with Crippen molar-refractivity contribution in [2.75, 3.05) is 0 Å². The van der Waals surface area contributed by atoms with Crippen molar-refractivity contribution in [3.8, 4) is 0 Å². The van der Waals surface area contributed by atoms with Gasteiger partial charge in [0, 0.05) is 35.4 Å². The van der Waals surface area contributed by atoms with Crippen LogP contribution in [0.15, 0.2) is 59.7 Å². The highest BCUT2D eigenvalue weighted by atomic mass is 32.1. The summed E-state index contributed by atoms with van der Waals surface area (Å²) in [7, 11) is 0. The molecule has 122 valence electrons. The Morgan fingerprint density at radius 1 is 1.25 bits per heavy atom. The van der Waals surface area contributed by atoms with Gasteiger partial charge in [-0.1, -0.05) is 42.5 Å². The minimum absolute atomic E-state index is 0.0322. The lowest BCUT2D eigenvalue weighted by Gasteiger charge is -2.33. The third-order valence-corrected chi connectivity index (χ3v) is 4.29. The molecule has 3 rings (SSSR count). The van der Waals surface area contributed by atoms with E-state index in [0.717, 1.165) is 11.3 Å². The molecular formula is C17H15N3O3S. The smallest absolute Gasteiger partial charge is 0.269 e. The normalized spacial score (nSPS) is 19.9. The van der Waals surface area contributed by atoms with Gasteiger partial charge in [-0.2, -0.15) is 5.10 Å². The molecule has 0 saturated heterocycles. The van der Waals surface area contributed by atoms with Crippen molar-refractivity contribution in [2.24, 2.45) is 5.10 Å². The average Bonchev–Trinajstić information content (AvgIpc) is 2.91. The zero-order chi connectivity index (χ0) is 17.3. The van der Waals surface area contributed by atoms with E-state index in [1.54, 1.807) is 0 Å². The van der Waals surface area contributed by atoms with Gasteiger partial charge in [-0.15, -0.1) is 0 Å². The Labute approximate surface area is 144 Å². The lowest BCUT2D eigenvalue weighted by Crippen LogP contribution is -2.43. The van der Waals surface area contributed by atoms with E-state index in [2.05, 4.69) is 5.10 Å². The summed E-state index contributed by atoms with van der Waals surface area (Å²) in [4.78, 5) is 10.7. The van der Waals surface area contributed by atoms with Crippen LogP contribution in [0.25, 0.3) is 0 Å². The van der Waals surface area contributed by atoms with Crippen molar-refractivity contribution in [1.29, 1.82) is 0 Å². The number of thiocarbonyl (C=S) groups is 1. The minimum Gasteiger partial charge on any atom is -0.365 e. The molecule has 0 aliphatic carbocycles. The number of non-ortho nitro benzene ring substituents is 1. The monoisotopic (exact) mass is 341 g/mol. The summed E-state index contributed by atoms with van der Waals surface area (Å²) in [5.41, 5.74) is 0.522. The quantitative estimate of drug-likeness (QED) is 0.527. The van der Waals surface area contributed by atoms with Crippen molar-refractivity contribution in [3.05, 3.63) is 75.8 Å². The molecule has 1 aliphatic rings. The molecule has 0 unspecified atom stereocenters. The van der Waals surface area contributed by atoms with Crippen molar-refractivity contribution < 1.29 is 10.0 Å². The topological polar surface area (TPSA) is 79.0 Å². The fourth-order valence-electron chi connectivity index (χ4n) is 2.71. The van der Waals surface area contributed by atoms with Crippen LogP contribution in [-0.2, 0) is 5.72 Å². The first-order valence-electron chi connectivity index (χ1n) is 7.33. The average molecular weight is 341 g/mol. The number of hydrogen-bond acceptors (Lipinski definition) is 5. The van der Waals surface area contributed by atoms with Gasteiger partial charge >= 0.3 is 0 Å². The maximum Gasteiger partial charge on any atom is 0.269 e. The molecule has 0 saturated carbocycles. The maximum absolute atomic E-state index is 11.2. The van der Waals surface area contributed by atoms with E-state index in [0.29, 0.717) is 10.6 Å². The fourth-order valence-corrected chi connectivity index (χ4v) is 3.04. The molecular weight excluding hydrogens is 326 g/mol. The highest BCUT2D eigenvalue weighted by Crippen LogP contribution is 2.37. The van der Waals surface area contributed by atoms with E-state index in [1.807, 2.05) is 37.3 Å². The number of nitrogens with zero attached hydrogens (tertiary/aromatic N) is 3. The summed E-state index contributed by atoms with van der Waals surface area (Å²) in [5.74, 6) is 0. The zero-order valence-corrected chi connectivity index (χ0v) is 13.7. The van der Waals surface area contributed by atoms with E-state index in [4.69, 9.17) is 12.2 Å². The lowest BCUT2D eigenvalue weighted by molar-refractivity contribution is -0.384. The summed E-state index contributed by atoms with van der Waals surface area (Å²) in [6, 6.07) is 15.1. The van der Waals surface area contributed by atoms with Gasteiger partial charge in [-0.3, -0.25) is 10.1 Å². The summed E-state index contributed by atoms with van der Waals surface area (Å²) in [6.45, 7) is 1.81. The van der Waals surface area contributed by atoms with Gasteiger partial charge < -0.3 is 5.11 Å². The van der Waals surface area contributed by atoms with Gasteiger partial charge in [0.2, 0.25) is 0 Å². The molecule has 24 heavy (non-hydrogen) atoms. The predicted molar refractivity (Wildman–Crippen MR) is 94.7 cm³/mol. The third kappa shape index (κ3) is 2.79. The summed E-state index contributed by atoms with van der Waals surface area (Å²) in [6.07, 6.45) is 0.276. The number of nitro benzene ring substituents is 1. The molecule has 0 bridgehead atoms. The Balaban J connectivity index is 1.98. The van der Waals surface area contributed by atoms with Gasteiger partial charge in [0.25, 0.3) is 5.69 Å². The van der Waals surface area contributed by atoms with Gasteiger partial charge in [0.05, 0.1) is 4.92 Å². The zero-order valence-electron chi connectivity index (χ0n) is 12.9. The standard InChI is InChI=1S/C17H15N3O3S/c1-12-11-17(21,14-7-9-15(10-8-14)20(22)23)19(18-12)16(24)13-5-3-2-4-6-13/h2-10,21H,11H2,1H3/t17-/m0/s1. The number of hydrogen-bond donors (Lipinski definition) is 1. The Bertz CT molecular complexity index is 821. The summed E-state index contributed by atoms with van der Waals surface area (Å²) in [5, 5.41) is 27.8. The molecule has 1 aliphatic heterocycles. The molecule has 1 atom stereocenters. The molecule has 7 heteroatoms. The number of rotatable bonds is 3. The second-order valence-electron chi connectivity index (χ2n) is 5.62. The lowest BCUT2D eigenvalue weighted by atomic mass is 9.97. The highest BCUT2D eigenvalue weighted by Gasteiger charge is 2.43. The first-order chi connectivity index (χ1) is 11.4. The largest absolute Gasteiger partial charge is 0.365 e. The first-order valence-corrected chi connectivity index (χ1v) is 7.73. The van der Waals surface area contributed by atoms with E-state index in [1.165, 1.54) is 29.3 Å². The van der Waals surface area contributed by atoms with Crippen LogP contribution < -0.4 is 0 Å². The van der Waals surface area contributed by atoms with Crippen LogP contribution in [0.2, 0.25) is 0 Å². The Hall–Kier alpha value is -2.64. The van der Waals surface area contributed by atoms with Crippen molar-refractivity contribution >= 4 is 28.6 Å². The molecule has 2 aromatic carbocycles. The van der Waals surface area contributed by atoms with Crippen molar-refractivity contribution in [1.82, 2.24) is 5.01 Å². The second kappa shape index (κ2) is 6.10. The van der Waals surface area contributed by atoms with E-state index in [-0.39, 0.29) is 12.1 Å². The van der Waals surface area contributed by atoms with Crippen LogP contribution in [0.5, 0.6) is 0 Å². The van der Waals surface area contributed by atoms with E-state index < -0.39 is 10.6 Å². The van der Waals surface area contributed by atoms with Gasteiger partial charge in [-0.25, -0.2) is 5.01 Å². The SMILES string of the molecule is CC1=NN(C(=S)c2ccccc2)[C@@](O)(c2ccc([N+](=O)[O-])cc2)C1. The molecule has 1 heterocycles. The number of hydrazone groups is 1. The van der Waals surface area contributed by atoms with Gasteiger partial charge in [0.15, 0.2) is 5.72 Å². The maximum atomic E-state index is 11.2. The van der Waals surface area contributed by atoms with Crippen molar-refractivity contribution in [3.63, 3.8) is 0 Å².